The van der Waals surface area contributed by atoms with E-state index in [1.54, 1.807) is 14.2 Å². The molecule has 1 aromatic heterocycles. The van der Waals surface area contributed by atoms with E-state index in [4.69, 9.17) is 28.0 Å². The topological polar surface area (TPSA) is 113 Å². The van der Waals surface area contributed by atoms with Crippen LogP contribution in [0.3, 0.4) is 0 Å². The van der Waals surface area contributed by atoms with E-state index in [0.717, 1.165) is 27.3 Å². The summed E-state index contributed by atoms with van der Waals surface area (Å²) in [7, 11) is 2.96. The van der Waals surface area contributed by atoms with E-state index in [0.29, 0.717) is 11.5 Å². The van der Waals surface area contributed by atoms with Gasteiger partial charge < -0.3 is 28.0 Å². The summed E-state index contributed by atoms with van der Waals surface area (Å²) in [6.07, 6.45) is -4.26. The van der Waals surface area contributed by atoms with Crippen LogP contribution in [-0.4, -0.2) is 72.6 Å². The third-order valence-electron chi connectivity index (χ3n) is 8.64. The van der Waals surface area contributed by atoms with Crippen LogP contribution in [0.4, 0.5) is 4.39 Å². The minimum absolute atomic E-state index is 0.0182. The molecule has 1 aliphatic heterocycles. The molecular weight excluding hydrogens is 664 g/mol. The first-order valence-electron chi connectivity index (χ1n) is 16.4. The molecule has 1 fully saturated rings. The lowest BCUT2D eigenvalue weighted by molar-refractivity contribution is -0.0933. The minimum Gasteiger partial charge on any atom is -0.497 e. The van der Waals surface area contributed by atoms with Gasteiger partial charge in [-0.05, 0) is 68.7 Å². The number of hydrogen-bond acceptors (Lipinski definition) is 9. The molecule has 5 atom stereocenters. The zero-order chi connectivity index (χ0) is 36.0. The monoisotopic (exact) mass is 709 g/mol. The van der Waals surface area contributed by atoms with Crippen molar-refractivity contribution in [2.24, 2.45) is 0 Å². The van der Waals surface area contributed by atoms with Crippen LogP contribution in [-0.2, 0) is 24.1 Å². The van der Waals surface area contributed by atoms with Crippen molar-refractivity contribution >= 4 is 8.53 Å². The zero-order valence-electron chi connectivity index (χ0n) is 29.3. The van der Waals surface area contributed by atoms with Gasteiger partial charge in [-0.3, -0.25) is 14.3 Å². The number of aromatic nitrogens is 2. The van der Waals surface area contributed by atoms with E-state index in [1.165, 1.54) is 13.3 Å². The van der Waals surface area contributed by atoms with E-state index >= 15 is 4.39 Å². The number of alkyl halides is 1. The van der Waals surface area contributed by atoms with E-state index in [1.807, 2.05) is 111 Å². The molecule has 50 heavy (non-hydrogen) atoms. The Labute approximate surface area is 292 Å². The highest BCUT2D eigenvalue weighted by molar-refractivity contribution is 7.44. The first-order chi connectivity index (χ1) is 24.0. The van der Waals surface area contributed by atoms with Gasteiger partial charge >= 0.3 is 5.69 Å². The van der Waals surface area contributed by atoms with Gasteiger partial charge in [-0.15, -0.1) is 0 Å². The zero-order valence-corrected chi connectivity index (χ0v) is 30.2. The number of halogens is 1. The molecule has 0 aliphatic carbocycles. The van der Waals surface area contributed by atoms with Crippen molar-refractivity contribution in [3.05, 3.63) is 129 Å². The molecular formula is C37H45FN3O8P. The standard InChI is InChI=1S/C37H45FN3O8P/c1-24(2)41(25(3)4)50(46-7)49-34-31(48-35(33(34)38)40-22-21-32(42)39-36(40)43)23-47-37(26-11-9-8-10-12-26,27-13-17-29(44-5)18-14-27)28-15-19-30(45-6)20-16-28/h8-22,24-25,31,33-35H,23H2,1-7H3,(H,39,42,43)/t31-,33-,34-,35-,50?/m1/s1. The second-order valence-corrected chi connectivity index (χ2v) is 13.9. The van der Waals surface area contributed by atoms with E-state index < -0.39 is 50.0 Å². The Kier molecular flexibility index (Phi) is 12.3. The SMILES string of the molecule is COc1ccc(C(OC[C@H]2O[C@@H](n3ccc(=O)[nH]c3=O)[C@H](F)[C@@H]2OP(OC)N(C(C)C)C(C)C)(c2ccccc2)c2ccc(OC)cc2)cc1. The van der Waals surface area contributed by atoms with E-state index in [-0.39, 0.29) is 18.7 Å². The quantitative estimate of drug-likeness (QED) is 0.114. The highest BCUT2D eigenvalue weighted by Crippen LogP contribution is 2.50. The van der Waals surface area contributed by atoms with Crippen molar-refractivity contribution in [3.63, 3.8) is 0 Å². The predicted molar refractivity (Wildman–Crippen MR) is 189 cm³/mol. The molecule has 0 radical (unpaired) electrons. The lowest BCUT2D eigenvalue weighted by atomic mass is 9.80. The second kappa shape index (κ2) is 16.4. The lowest BCUT2D eigenvalue weighted by Gasteiger charge is -2.38. The normalized spacial score (nSPS) is 20.1. The van der Waals surface area contributed by atoms with Gasteiger partial charge in [-0.2, -0.15) is 0 Å². The molecule has 3 aromatic carbocycles. The lowest BCUT2D eigenvalue weighted by Crippen LogP contribution is -2.41. The Balaban J connectivity index is 1.61. The van der Waals surface area contributed by atoms with Crippen molar-refractivity contribution in [2.45, 2.75) is 70.0 Å². The van der Waals surface area contributed by atoms with Crippen molar-refractivity contribution in [1.29, 1.82) is 0 Å². The number of rotatable bonds is 15. The molecule has 0 bridgehead atoms. The molecule has 0 amide bonds. The van der Waals surface area contributed by atoms with Crippen molar-refractivity contribution in [3.8, 4) is 11.5 Å². The first kappa shape index (κ1) is 37.4. The second-order valence-electron chi connectivity index (χ2n) is 12.4. The first-order valence-corrected chi connectivity index (χ1v) is 17.6. The van der Waals surface area contributed by atoms with Crippen LogP contribution in [0, 0.1) is 0 Å². The Hall–Kier alpha value is -3.90. The Morgan fingerprint density at radius 1 is 0.840 bits per heavy atom. The number of hydrogen-bond donors (Lipinski definition) is 1. The van der Waals surface area contributed by atoms with Gasteiger partial charge in [0.25, 0.3) is 14.1 Å². The van der Waals surface area contributed by atoms with Crippen LogP contribution in [0.2, 0.25) is 0 Å². The molecule has 0 saturated carbocycles. The van der Waals surface area contributed by atoms with Gasteiger partial charge in [0.2, 0.25) is 0 Å². The fourth-order valence-electron chi connectivity index (χ4n) is 6.36. The van der Waals surface area contributed by atoms with Gasteiger partial charge in [-0.25, -0.2) is 13.9 Å². The van der Waals surface area contributed by atoms with Crippen LogP contribution in [0.1, 0.15) is 50.6 Å². The number of H-pyrrole nitrogens is 1. The minimum atomic E-state index is -1.83. The predicted octanol–water partition coefficient (Wildman–Crippen LogP) is 6.18. The molecule has 4 aromatic rings. The molecule has 5 rings (SSSR count). The molecule has 0 spiro atoms. The Morgan fingerprint density at radius 2 is 1.38 bits per heavy atom. The van der Waals surface area contributed by atoms with Crippen molar-refractivity contribution < 1.29 is 32.4 Å². The fraction of sp³-hybridized carbons (Fsp3) is 0.405. The van der Waals surface area contributed by atoms with Crippen LogP contribution < -0.4 is 20.7 Å². The van der Waals surface area contributed by atoms with Gasteiger partial charge in [0, 0.05) is 31.5 Å². The van der Waals surface area contributed by atoms with E-state index in [9.17, 15) is 9.59 Å². The molecule has 1 saturated heterocycles. The van der Waals surface area contributed by atoms with Gasteiger partial charge in [0.05, 0.1) is 20.8 Å². The summed E-state index contributed by atoms with van der Waals surface area (Å²) in [6, 6.07) is 26.0. The smallest absolute Gasteiger partial charge is 0.330 e. The number of ether oxygens (including phenoxy) is 4. The van der Waals surface area contributed by atoms with Crippen molar-refractivity contribution in [2.75, 3.05) is 27.9 Å². The van der Waals surface area contributed by atoms with Gasteiger partial charge in [-0.1, -0.05) is 54.6 Å². The molecule has 13 heteroatoms. The van der Waals surface area contributed by atoms with Gasteiger partial charge in [0.1, 0.15) is 29.3 Å². The Bertz CT molecular complexity index is 1730. The summed E-state index contributed by atoms with van der Waals surface area (Å²) in [5, 5.41) is 0. The maximum absolute atomic E-state index is 16.7. The summed E-state index contributed by atoms with van der Waals surface area (Å²) in [4.78, 5) is 26.9. The van der Waals surface area contributed by atoms with Crippen molar-refractivity contribution in [1.82, 2.24) is 14.2 Å². The van der Waals surface area contributed by atoms with Crippen LogP contribution in [0.5, 0.6) is 11.5 Å². The molecule has 1 aliphatic rings. The largest absolute Gasteiger partial charge is 0.497 e. The average Bonchev–Trinajstić information content (AvgIpc) is 3.42. The average molecular weight is 710 g/mol. The summed E-state index contributed by atoms with van der Waals surface area (Å²) in [5.41, 5.74) is -0.270. The molecule has 268 valence electrons. The highest BCUT2D eigenvalue weighted by Gasteiger charge is 2.51. The third kappa shape index (κ3) is 7.71. The van der Waals surface area contributed by atoms with Crippen LogP contribution in [0.15, 0.2) is 101 Å². The number of benzene rings is 3. The van der Waals surface area contributed by atoms with E-state index in [2.05, 4.69) is 4.98 Å². The summed E-state index contributed by atoms with van der Waals surface area (Å²) >= 11 is 0. The number of aromatic amines is 1. The summed E-state index contributed by atoms with van der Waals surface area (Å²) in [5.74, 6) is 1.33. The Morgan fingerprint density at radius 3 is 1.86 bits per heavy atom. The molecule has 1 N–H and O–H groups in total. The number of nitrogens with one attached hydrogen (secondary N) is 1. The molecule has 1 unspecified atom stereocenters. The highest BCUT2D eigenvalue weighted by atomic mass is 31.2. The summed E-state index contributed by atoms with van der Waals surface area (Å²) in [6.45, 7) is 7.88. The van der Waals surface area contributed by atoms with Gasteiger partial charge in [0.15, 0.2) is 12.4 Å². The summed E-state index contributed by atoms with van der Waals surface area (Å²) < 4.78 is 56.4. The molecule has 11 nitrogen and oxygen atoms in total. The number of nitrogens with zero attached hydrogens (tertiary/aromatic N) is 2. The van der Waals surface area contributed by atoms with Crippen LogP contribution >= 0.6 is 8.53 Å². The fourth-order valence-corrected chi connectivity index (χ4v) is 7.95. The maximum atomic E-state index is 16.7. The molecule has 2 heterocycles. The number of methoxy groups -OCH3 is 2. The van der Waals surface area contributed by atoms with Crippen LogP contribution in [0.25, 0.3) is 0 Å². The maximum Gasteiger partial charge on any atom is 0.330 e. The third-order valence-corrected chi connectivity index (χ3v) is 10.7.